The zero-order valence-corrected chi connectivity index (χ0v) is 13.7. The van der Waals surface area contributed by atoms with Crippen molar-refractivity contribution in [1.29, 1.82) is 0 Å². The molecule has 0 radical (unpaired) electrons. The quantitative estimate of drug-likeness (QED) is 0.694. The summed E-state index contributed by atoms with van der Waals surface area (Å²) in [6.07, 6.45) is 0. The molecular weight excluding hydrogens is 326 g/mol. The monoisotopic (exact) mass is 343 g/mol. The van der Waals surface area contributed by atoms with Crippen molar-refractivity contribution in [1.82, 2.24) is 0 Å². The zero-order chi connectivity index (χ0) is 15.0. The third kappa shape index (κ3) is 2.89. The number of hydrogen-bond donors (Lipinski definition) is 1. The lowest BCUT2D eigenvalue weighted by molar-refractivity contribution is 0.525. The molecule has 3 rings (SSSR count). The van der Waals surface area contributed by atoms with E-state index < -0.39 is 0 Å². The van der Waals surface area contributed by atoms with E-state index in [-0.39, 0.29) is 6.04 Å². The second-order valence-corrected chi connectivity index (χ2v) is 6.55. The summed E-state index contributed by atoms with van der Waals surface area (Å²) in [5.41, 5.74) is 9.56. The Labute approximate surface area is 133 Å². The smallest absolute Gasteiger partial charge is 0.134 e. The van der Waals surface area contributed by atoms with Gasteiger partial charge < -0.3 is 10.2 Å². The van der Waals surface area contributed by atoms with E-state index in [0.717, 1.165) is 26.8 Å². The minimum absolute atomic E-state index is 0.243. The molecule has 2 nitrogen and oxygen atoms in total. The van der Waals surface area contributed by atoms with E-state index in [2.05, 4.69) is 41.9 Å². The molecule has 0 fully saturated rings. The predicted molar refractivity (Wildman–Crippen MR) is 90.5 cm³/mol. The van der Waals surface area contributed by atoms with E-state index in [4.69, 9.17) is 10.2 Å². The lowest BCUT2D eigenvalue weighted by Gasteiger charge is -2.08. The highest BCUT2D eigenvalue weighted by Crippen LogP contribution is 2.29. The van der Waals surface area contributed by atoms with Gasteiger partial charge in [0, 0.05) is 9.86 Å². The second kappa shape index (κ2) is 5.66. The highest BCUT2D eigenvalue weighted by Gasteiger charge is 2.14. The molecular formula is C18H18BrNO. The number of rotatable bonds is 3. The van der Waals surface area contributed by atoms with Crippen molar-refractivity contribution in [2.24, 2.45) is 5.73 Å². The van der Waals surface area contributed by atoms with Crippen LogP contribution in [0.2, 0.25) is 0 Å². The van der Waals surface area contributed by atoms with Crippen LogP contribution in [0.15, 0.2) is 57.4 Å². The number of halogens is 1. The number of nitrogens with two attached hydrogens (primary N) is 1. The van der Waals surface area contributed by atoms with Gasteiger partial charge in [-0.3, -0.25) is 0 Å². The molecule has 108 valence electrons. The van der Waals surface area contributed by atoms with Crippen LogP contribution in [0.4, 0.5) is 0 Å². The summed E-state index contributed by atoms with van der Waals surface area (Å²) in [6.45, 7) is 4.38. The third-order valence-electron chi connectivity index (χ3n) is 3.76. The van der Waals surface area contributed by atoms with Crippen molar-refractivity contribution in [3.05, 3.63) is 69.9 Å². The van der Waals surface area contributed by atoms with Gasteiger partial charge in [0.2, 0.25) is 0 Å². The van der Waals surface area contributed by atoms with Gasteiger partial charge in [-0.25, -0.2) is 0 Å². The van der Waals surface area contributed by atoms with Crippen LogP contribution in [0.1, 0.15) is 42.7 Å². The molecule has 2 N–H and O–H groups in total. The van der Waals surface area contributed by atoms with E-state index in [1.807, 2.05) is 36.4 Å². The molecule has 21 heavy (non-hydrogen) atoms. The molecule has 1 heterocycles. The fourth-order valence-corrected chi connectivity index (χ4v) is 2.69. The van der Waals surface area contributed by atoms with Gasteiger partial charge in [0.05, 0.1) is 6.04 Å². The fraction of sp³-hybridized carbons (Fsp3) is 0.222. The van der Waals surface area contributed by atoms with Crippen molar-refractivity contribution in [3.8, 4) is 0 Å². The first-order valence-corrected chi connectivity index (χ1v) is 7.88. The van der Waals surface area contributed by atoms with Crippen molar-refractivity contribution in [2.75, 3.05) is 0 Å². The van der Waals surface area contributed by atoms with E-state index in [0.29, 0.717) is 5.92 Å². The fourth-order valence-electron chi connectivity index (χ4n) is 2.43. The SMILES string of the molecule is CC(C)c1ccc2oc(C(N)c3ccc(Br)cc3)cc2c1. The lowest BCUT2D eigenvalue weighted by Crippen LogP contribution is -2.10. The summed E-state index contributed by atoms with van der Waals surface area (Å²) in [5, 5.41) is 1.11. The molecule has 3 heteroatoms. The van der Waals surface area contributed by atoms with Crippen molar-refractivity contribution < 1.29 is 4.42 Å². The molecule has 1 unspecified atom stereocenters. The van der Waals surface area contributed by atoms with Crippen LogP contribution in [-0.4, -0.2) is 0 Å². The van der Waals surface area contributed by atoms with E-state index >= 15 is 0 Å². The molecule has 0 amide bonds. The molecule has 0 aliphatic heterocycles. The Hall–Kier alpha value is -1.58. The summed E-state index contributed by atoms with van der Waals surface area (Å²) in [6, 6.07) is 16.2. The molecule has 0 saturated carbocycles. The Bertz CT molecular complexity index is 758. The van der Waals surface area contributed by atoms with Crippen LogP contribution in [0.3, 0.4) is 0 Å². The van der Waals surface area contributed by atoms with E-state index in [1.54, 1.807) is 0 Å². The topological polar surface area (TPSA) is 39.2 Å². The van der Waals surface area contributed by atoms with Gasteiger partial charge in [-0.05, 0) is 47.4 Å². The van der Waals surface area contributed by atoms with Crippen LogP contribution in [0, 0.1) is 0 Å². The summed E-state index contributed by atoms with van der Waals surface area (Å²) in [4.78, 5) is 0. The highest BCUT2D eigenvalue weighted by molar-refractivity contribution is 9.10. The molecule has 2 aromatic carbocycles. The number of fused-ring (bicyclic) bond motifs is 1. The first-order chi connectivity index (χ1) is 10.0. The molecule has 0 bridgehead atoms. The summed E-state index contributed by atoms with van der Waals surface area (Å²) >= 11 is 3.44. The summed E-state index contributed by atoms with van der Waals surface area (Å²) in [7, 11) is 0. The minimum atomic E-state index is -0.243. The third-order valence-corrected chi connectivity index (χ3v) is 4.29. The normalized spacial score (nSPS) is 13.0. The van der Waals surface area contributed by atoms with Crippen LogP contribution in [-0.2, 0) is 0 Å². The first-order valence-electron chi connectivity index (χ1n) is 7.09. The predicted octanol–water partition coefficient (Wildman–Crippen LogP) is 5.37. The molecule has 0 saturated heterocycles. The molecule has 0 aliphatic rings. The van der Waals surface area contributed by atoms with E-state index in [1.165, 1.54) is 5.56 Å². The van der Waals surface area contributed by atoms with Gasteiger partial charge in [-0.1, -0.05) is 48.0 Å². The maximum Gasteiger partial charge on any atom is 0.134 e. The Kier molecular flexibility index (Phi) is 3.87. The first kappa shape index (κ1) is 14.4. The average molecular weight is 344 g/mol. The van der Waals surface area contributed by atoms with Crippen molar-refractivity contribution in [3.63, 3.8) is 0 Å². The summed E-state index contributed by atoms with van der Waals surface area (Å²) in [5.74, 6) is 1.31. The molecule has 0 spiro atoms. The van der Waals surface area contributed by atoms with E-state index in [9.17, 15) is 0 Å². The second-order valence-electron chi connectivity index (χ2n) is 5.63. The van der Waals surface area contributed by atoms with Crippen molar-refractivity contribution >= 4 is 26.9 Å². The highest BCUT2D eigenvalue weighted by atomic mass is 79.9. The maximum absolute atomic E-state index is 6.32. The Balaban J connectivity index is 1.98. The summed E-state index contributed by atoms with van der Waals surface area (Å²) < 4.78 is 6.96. The molecule has 1 aromatic heterocycles. The molecule has 3 aromatic rings. The van der Waals surface area contributed by atoms with Gasteiger partial charge in [-0.15, -0.1) is 0 Å². The minimum Gasteiger partial charge on any atom is -0.459 e. The Morgan fingerprint density at radius 3 is 2.29 bits per heavy atom. The number of furan rings is 1. The van der Waals surface area contributed by atoms with Gasteiger partial charge in [-0.2, -0.15) is 0 Å². The number of hydrogen-bond acceptors (Lipinski definition) is 2. The van der Waals surface area contributed by atoms with Crippen LogP contribution >= 0.6 is 15.9 Å². The van der Waals surface area contributed by atoms with Crippen LogP contribution < -0.4 is 5.73 Å². The largest absolute Gasteiger partial charge is 0.459 e. The Morgan fingerprint density at radius 2 is 1.62 bits per heavy atom. The maximum atomic E-state index is 6.32. The van der Waals surface area contributed by atoms with Crippen LogP contribution in [0.25, 0.3) is 11.0 Å². The van der Waals surface area contributed by atoms with Gasteiger partial charge in [0.15, 0.2) is 0 Å². The van der Waals surface area contributed by atoms with Crippen molar-refractivity contribution in [2.45, 2.75) is 25.8 Å². The molecule has 1 atom stereocenters. The average Bonchev–Trinajstić information content (AvgIpc) is 2.90. The number of benzene rings is 2. The zero-order valence-electron chi connectivity index (χ0n) is 12.1. The molecule has 0 aliphatic carbocycles. The standard InChI is InChI=1S/C18H18BrNO/c1-11(2)13-5-8-16-14(9-13)10-17(21-16)18(20)12-3-6-15(19)7-4-12/h3-11,18H,20H2,1-2H3. The van der Waals surface area contributed by atoms with Gasteiger partial charge in [0.1, 0.15) is 11.3 Å². The Morgan fingerprint density at radius 1 is 0.952 bits per heavy atom. The van der Waals surface area contributed by atoms with Gasteiger partial charge >= 0.3 is 0 Å². The van der Waals surface area contributed by atoms with Crippen LogP contribution in [0.5, 0.6) is 0 Å². The lowest BCUT2D eigenvalue weighted by atomic mass is 10.0. The van der Waals surface area contributed by atoms with Gasteiger partial charge in [0.25, 0.3) is 0 Å².